The Balaban J connectivity index is 4.34. The van der Waals surface area contributed by atoms with Gasteiger partial charge in [0.05, 0.1) is 40.3 Å². The largest absolute Gasteiger partial charge is 0.544 e. The SMILES string of the molecule is CC/C=C/C/C=C/C/C=C/CCCCC(=O)OC(COCCC(C(=O)[O-])[N+](C)(C)C)COC(=O)CCCCCCCCCCCC/C=C/C=C/CCCCC. The van der Waals surface area contributed by atoms with Crippen LogP contribution in [0, 0.1) is 0 Å². The van der Waals surface area contributed by atoms with Gasteiger partial charge in [-0.25, -0.2) is 0 Å². The molecule has 0 bridgehead atoms. The van der Waals surface area contributed by atoms with E-state index in [1.54, 1.807) is 21.1 Å². The maximum atomic E-state index is 12.7. The minimum atomic E-state index is -1.13. The molecule has 0 aliphatic carbocycles. The zero-order valence-corrected chi connectivity index (χ0v) is 35.8. The van der Waals surface area contributed by atoms with Crippen LogP contribution in [0.5, 0.6) is 0 Å². The van der Waals surface area contributed by atoms with Gasteiger partial charge in [-0.3, -0.25) is 9.59 Å². The first-order chi connectivity index (χ1) is 26.6. The van der Waals surface area contributed by atoms with E-state index < -0.39 is 18.1 Å². The van der Waals surface area contributed by atoms with E-state index in [4.69, 9.17) is 14.2 Å². The highest BCUT2D eigenvalue weighted by molar-refractivity contribution is 5.70. The molecule has 0 aliphatic heterocycles. The summed E-state index contributed by atoms with van der Waals surface area (Å²) in [6.45, 7) is 4.46. The van der Waals surface area contributed by atoms with Gasteiger partial charge in [0.1, 0.15) is 12.6 Å². The number of esters is 2. The number of hydrogen-bond acceptors (Lipinski definition) is 7. The maximum Gasteiger partial charge on any atom is 0.306 e. The Labute approximate surface area is 337 Å². The summed E-state index contributed by atoms with van der Waals surface area (Å²) in [5.74, 6) is -1.80. The first kappa shape index (κ1) is 52.0. The number of nitrogens with zero attached hydrogens (tertiary/aromatic N) is 1. The molecular weight excluding hydrogens is 691 g/mol. The van der Waals surface area contributed by atoms with Gasteiger partial charge in [-0.2, -0.15) is 0 Å². The lowest BCUT2D eigenvalue weighted by Crippen LogP contribution is -2.55. The van der Waals surface area contributed by atoms with Crippen LogP contribution in [-0.2, 0) is 28.6 Å². The van der Waals surface area contributed by atoms with Crippen LogP contribution in [0.15, 0.2) is 60.8 Å². The second-order valence-corrected chi connectivity index (χ2v) is 15.6. The van der Waals surface area contributed by atoms with Gasteiger partial charge in [-0.05, 0) is 70.6 Å². The van der Waals surface area contributed by atoms with Gasteiger partial charge < -0.3 is 28.6 Å². The van der Waals surface area contributed by atoms with Crippen LogP contribution in [0.3, 0.4) is 0 Å². The highest BCUT2D eigenvalue weighted by Gasteiger charge is 2.25. The number of carbonyl (C=O) groups excluding carboxylic acids is 3. The number of ether oxygens (including phenoxy) is 3. The van der Waals surface area contributed by atoms with E-state index in [1.165, 1.54) is 77.0 Å². The van der Waals surface area contributed by atoms with E-state index in [9.17, 15) is 19.5 Å². The number of aliphatic carboxylic acids is 1. The average Bonchev–Trinajstić information content (AvgIpc) is 3.14. The van der Waals surface area contributed by atoms with E-state index >= 15 is 0 Å². The molecule has 0 rings (SSSR count). The van der Waals surface area contributed by atoms with Gasteiger partial charge >= 0.3 is 11.9 Å². The minimum absolute atomic E-state index is 0.0221. The molecule has 8 nitrogen and oxygen atoms in total. The molecule has 0 fully saturated rings. The summed E-state index contributed by atoms with van der Waals surface area (Å²) in [7, 11) is 5.38. The second kappa shape index (κ2) is 37.9. The zero-order valence-electron chi connectivity index (χ0n) is 35.8. The Morgan fingerprint density at radius 1 is 0.582 bits per heavy atom. The number of hydrogen-bond donors (Lipinski definition) is 0. The number of carbonyl (C=O) groups is 3. The average molecular weight is 772 g/mol. The fourth-order valence-electron chi connectivity index (χ4n) is 6.02. The summed E-state index contributed by atoms with van der Waals surface area (Å²) in [5.41, 5.74) is 0. The molecule has 0 saturated heterocycles. The molecule has 0 aliphatic rings. The Morgan fingerprint density at radius 2 is 1.07 bits per heavy atom. The van der Waals surface area contributed by atoms with Crippen molar-refractivity contribution in [3.63, 3.8) is 0 Å². The molecule has 0 aromatic rings. The normalized spacial score (nSPS) is 13.5. The maximum absolute atomic E-state index is 12.7. The summed E-state index contributed by atoms with van der Waals surface area (Å²) in [4.78, 5) is 36.8. The van der Waals surface area contributed by atoms with Crippen molar-refractivity contribution in [1.82, 2.24) is 0 Å². The number of quaternary nitrogens is 1. The van der Waals surface area contributed by atoms with Crippen LogP contribution < -0.4 is 5.11 Å². The first-order valence-electron chi connectivity index (χ1n) is 21.8. The second-order valence-electron chi connectivity index (χ2n) is 15.6. The molecule has 2 atom stereocenters. The van der Waals surface area contributed by atoms with Gasteiger partial charge in [0, 0.05) is 19.3 Å². The third kappa shape index (κ3) is 36.4. The Bertz CT molecular complexity index is 1090. The van der Waals surface area contributed by atoms with Crippen LogP contribution >= 0.6 is 0 Å². The van der Waals surface area contributed by atoms with E-state index in [1.807, 2.05) is 0 Å². The predicted molar refractivity (Wildman–Crippen MR) is 226 cm³/mol. The lowest BCUT2D eigenvalue weighted by molar-refractivity contribution is -0.889. The highest BCUT2D eigenvalue weighted by Crippen LogP contribution is 2.14. The van der Waals surface area contributed by atoms with Crippen LogP contribution in [0.2, 0.25) is 0 Å². The van der Waals surface area contributed by atoms with E-state index in [0.717, 1.165) is 51.4 Å². The molecule has 55 heavy (non-hydrogen) atoms. The Kier molecular flexibility index (Phi) is 35.9. The summed E-state index contributed by atoms with van der Waals surface area (Å²) < 4.78 is 17.1. The molecule has 0 aromatic carbocycles. The van der Waals surface area contributed by atoms with E-state index in [2.05, 4.69) is 74.6 Å². The molecule has 316 valence electrons. The highest BCUT2D eigenvalue weighted by atomic mass is 16.6. The molecule has 0 aromatic heterocycles. The molecule has 0 amide bonds. The first-order valence-corrected chi connectivity index (χ1v) is 21.8. The number of rotatable bonds is 38. The predicted octanol–water partition coefficient (Wildman–Crippen LogP) is 10.5. The molecule has 0 radical (unpaired) electrons. The number of unbranched alkanes of at least 4 members (excludes halogenated alkanes) is 15. The smallest absolute Gasteiger partial charge is 0.306 e. The molecule has 8 heteroatoms. The van der Waals surface area contributed by atoms with Crippen molar-refractivity contribution in [3.05, 3.63) is 60.8 Å². The van der Waals surface area contributed by atoms with Crippen LogP contribution in [0.25, 0.3) is 0 Å². The lowest BCUT2D eigenvalue weighted by Gasteiger charge is -2.34. The third-order valence-electron chi connectivity index (χ3n) is 9.42. The Hall–Kier alpha value is -2.97. The topological polar surface area (TPSA) is 102 Å². The van der Waals surface area contributed by atoms with Gasteiger partial charge in [0.15, 0.2) is 6.10 Å². The molecule has 0 saturated carbocycles. The fraction of sp³-hybridized carbons (Fsp3) is 0.723. The van der Waals surface area contributed by atoms with Crippen molar-refractivity contribution >= 4 is 17.9 Å². The van der Waals surface area contributed by atoms with Gasteiger partial charge in [-0.1, -0.05) is 139 Å². The molecule has 0 N–H and O–H groups in total. The quantitative estimate of drug-likeness (QED) is 0.0202. The van der Waals surface area contributed by atoms with Gasteiger partial charge in [0.25, 0.3) is 0 Å². The molecule has 0 heterocycles. The molecular formula is C47H81NO7. The van der Waals surface area contributed by atoms with Crippen LogP contribution in [0.4, 0.5) is 0 Å². The van der Waals surface area contributed by atoms with E-state index in [0.29, 0.717) is 12.8 Å². The number of carboxylic acids is 1. The summed E-state index contributed by atoms with van der Waals surface area (Å²) >= 11 is 0. The van der Waals surface area contributed by atoms with Gasteiger partial charge in [0.2, 0.25) is 0 Å². The number of carboxylic acid groups (broad SMARTS) is 1. The zero-order chi connectivity index (χ0) is 40.7. The lowest BCUT2D eigenvalue weighted by atomic mass is 10.1. The van der Waals surface area contributed by atoms with Crippen molar-refractivity contribution in [2.75, 3.05) is 41.0 Å². The van der Waals surface area contributed by atoms with E-state index in [-0.39, 0.29) is 49.1 Å². The standard InChI is InChI=1S/C47H81NO7/c1-6-8-10-12-14-16-18-20-21-22-23-24-25-26-28-29-31-33-35-37-45(49)54-42-43(41-53-40-39-44(47(51)52)48(3,4)5)55-46(50)38-36-34-32-30-27-19-17-15-13-11-9-7-2/h9,11,14-18,20,27,30,43-44H,6-8,10,12-13,19,21-26,28-29,31-42H2,1-5H3/b11-9+,16-14+,17-15+,20-18+,30-27+. The summed E-state index contributed by atoms with van der Waals surface area (Å²) in [5, 5.41) is 11.6. The number of allylic oxidation sites excluding steroid dienone is 10. The molecule has 2 unspecified atom stereocenters. The molecule has 0 spiro atoms. The summed E-state index contributed by atoms with van der Waals surface area (Å²) in [6, 6.07) is -0.734. The van der Waals surface area contributed by atoms with Gasteiger partial charge in [-0.15, -0.1) is 0 Å². The van der Waals surface area contributed by atoms with Crippen LogP contribution in [-0.4, -0.2) is 75.5 Å². The monoisotopic (exact) mass is 772 g/mol. The minimum Gasteiger partial charge on any atom is -0.544 e. The van der Waals surface area contributed by atoms with Crippen molar-refractivity contribution in [1.29, 1.82) is 0 Å². The van der Waals surface area contributed by atoms with Crippen LogP contribution in [0.1, 0.15) is 168 Å². The summed E-state index contributed by atoms with van der Waals surface area (Å²) in [6.07, 6.45) is 45.4. The Morgan fingerprint density at radius 3 is 1.65 bits per heavy atom. The van der Waals surface area contributed by atoms with Crippen molar-refractivity contribution in [3.8, 4) is 0 Å². The number of likely N-dealkylation sites (N-methyl/N-ethyl adjacent to an activating group) is 1. The van der Waals surface area contributed by atoms with Crippen molar-refractivity contribution in [2.45, 2.75) is 180 Å². The van der Waals surface area contributed by atoms with Crippen molar-refractivity contribution < 1.29 is 38.2 Å². The van der Waals surface area contributed by atoms with Crippen molar-refractivity contribution in [2.24, 2.45) is 0 Å². The third-order valence-corrected chi connectivity index (χ3v) is 9.42. The fourth-order valence-corrected chi connectivity index (χ4v) is 6.02.